The molecule has 0 amide bonds. The molecule has 0 nitrogen and oxygen atoms in total. The first-order valence-corrected chi connectivity index (χ1v) is 34.0. The molecule has 33 valence electrons. The van der Waals surface area contributed by atoms with E-state index in [0.29, 0.717) is 0 Å². The van der Waals surface area contributed by atoms with Gasteiger partial charge in [0, 0.05) is 18.9 Å². The molecular formula is I4LiSn. The van der Waals surface area contributed by atoms with Crippen molar-refractivity contribution >= 4 is 95.9 Å². The predicted molar refractivity (Wildman–Crippen MR) is 67.6 cm³/mol. The molecule has 0 N–H and O–H groups in total. The van der Waals surface area contributed by atoms with Gasteiger partial charge < -0.3 is 0 Å². The van der Waals surface area contributed by atoms with E-state index < -0.39 is 2.50 Å². The van der Waals surface area contributed by atoms with Crippen LogP contribution in [0.2, 0.25) is 0 Å². The van der Waals surface area contributed by atoms with Gasteiger partial charge in [0.2, 0.25) is 0 Å². The minimum absolute atomic E-state index is 0. The smallest absolute Gasteiger partial charge is 0 e. The fourth-order valence-electron chi connectivity index (χ4n) is 0. The summed E-state index contributed by atoms with van der Waals surface area (Å²) in [5.74, 6) is 0. The van der Waals surface area contributed by atoms with Crippen molar-refractivity contribution in [3.05, 3.63) is 0 Å². The zero-order chi connectivity index (χ0) is 4.50. The van der Waals surface area contributed by atoms with Gasteiger partial charge in [-0.05, 0) is 0 Å². The number of hydrogen-bond donors (Lipinski definition) is 0. The van der Waals surface area contributed by atoms with Crippen LogP contribution in [0.3, 0.4) is 0 Å². The Kier molecular flexibility index (Phi) is 13.1. The van der Waals surface area contributed by atoms with Crippen LogP contribution < -0.4 is 0 Å². The van der Waals surface area contributed by atoms with E-state index >= 15 is 0 Å². The minimum atomic E-state index is -1.30. The first-order chi connectivity index (χ1) is 2.00. The van der Waals surface area contributed by atoms with Gasteiger partial charge in [0.15, 0.2) is 0 Å². The summed E-state index contributed by atoms with van der Waals surface area (Å²) in [4.78, 5) is 0. The van der Waals surface area contributed by atoms with Crippen molar-refractivity contribution in [1.82, 2.24) is 0 Å². The molecule has 0 heterocycles. The van der Waals surface area contributed by atoms with Crippen LogP contribution in [0.1, 0.15) is 0 Å². The quantitative estimate of drug-likeness (QED) is 0.285. The van der Waals surface area contributed by atoms with Gasteiger partial charge >= 0.3 is 77.0 Å². The van der Waals surface area contributed by atoms with Crippen LogP contribution in [0.4, 0.5) is 0 Å². The second-order valence-electron chi connectivity index (χ2n) is 0.429. The van der Waals surface area contributed by atoms with Crippen molar-refractivity contribution in [2.75, 3.05) is 0 Å². The fraction of sp³-hybridized carbons (Fsp3) is 0. The molecule has 0 bridgehead atoms. The molecule has 0 spiro atoms. The maximum atomic E-state index is 2.55. The van der Waals surface area contributed by atoms with Crippen molar-refractivity contribution in [3.63, 3.8) is 0 Å². The van der Waals surface area contributed by atoms with Gasteiger partial charge in [-0.15, -0.1) is 0 Å². The Balaban J connectivity index is 0. The number of rotatable bonds is 0. The third kappa shape index (κ3) is 23.9. The van der Waals surface area contributed by atoms with Crippen LogP contribution in [-0.2, 0) is 0 Å². The van der Waals surface area contributed by atoms with E-state index in [1.54, 1.807) is 0 Å². The van der Waals surface area contributed by atoms with Crippen LogP contribution in [0, 0.1) is 0 Å². The topological polar surface area (TPSA) is 0 Å². The molecule has 0 aliphatic rings. The first kappa shape index (κ1) is 12.9. The van der Waals surface area contributed by atoms with E-state index in [9.17, 15) is 0 Å². The van der Waals surface area contributed by atoms with Crippen molar-refractivity contribution in [2.45, 2.75) is 0 Å². The Hall–Kier alpha value is 4.32. The third-order valence-electron chi connectivity index (χ3n) is 0. The molecule has 0 saturated heterocycles. The Bertz CT molecular complexity index is 23.0. The van der Waals surface area contributed by atoms with E-state index in [0.717, 1.165) is 0 Å². The standard InChI is InChI=1S/4HI.Li.Sn/h4*1H;;/q;;;;;+4/p-4. The van der Waals surface area contributed by atoms with Gasteiger partial charge in [0.1, 0.15) is 0 Å². The Labute approximate surface area is 92.5 Å². The van der Waals surface area contributed by atoms with Crippen molar-refractivity contribution in [2.24, 2.45) is 0 Å². The summed E-state index contributed by atoms with van der Waals surface area (Å²) in [5.41, 5.74) is 0. The third-order valence-corrected chi connectivity index (χ3v) is 0. The molecule has 0 unspecified atom stereocenters. The molecule has 0 aliphatic heterocycles. The molecule has 0 aliphatic carbocycles. The summed E-state index contributed by atoms with van der Waals surface area (Å²) in [6.45, 7) is 0. The zero-order valence-electron chi connectivity index (χ0n) is 3.01. The van der Waals surface area contributed by atoms with Gasteiger partial charge in [-0.3, -0.25) is 0 Å². The Morgan fingerprint density at radius 1 is 0.833 bits per heavy atom. The number of hydrogen-bond acceptors (Lipinski definition) is 0. The molecule has 0 aromatic rings. The van der Waals surface area contributed by atoms with Crippen LogP contribution in [0.25, 0.3) is 0 Å². The average Bonchev–Trinajstić information content (AvgIpc) is 0.722. The van der Waals surface area contributed by atoms with Crippen molar-refractivity contribution in [1.29, 1.82) is 0 Å². The van der Waals surface area contributed by atoms with Crippen molar-refractivity contribution < 1.29 is 0 Å². The van der Waals surface area contributed by atoms with E-state index in [2.05, 4.69) is 74.5 Å². The van der Waals surface area contributed by atoms with Crippen molar-refractivity contribution in [3.8, 4) is 0 Å². The predicted octanol–water partition coefficient (Wildman–Crippen LogP) is 2.78. The number of halogens is 4. The summed E-state index contributed by atoms with van der Waals surface area (Å²) < 4.78 is -1.30. The van der Waals surface area contributed by atoms with Gasteiger partial charge in [0.25, 0.3) is 0 Å². The SMILES string of the molecule is [I][Sn]([I])([I])[I].[Li]. The van der Waals surface area contributed by atoms with E-state index in [4.69, 9.17) is 0 Å². The molecule has 6 heavy (non-hydrogen) atoms. The van der Waals surface area contributed by atoms with Crippen LogP contribution in [0.5, 0.6) is 0 Å². The zero-order valence-corrected chi connectivity index (χ0v) is 14.5. The molecular weight excluding hydrogens is 633 g/mol. The summed E-state index contributed by atoms with van der Waals surface area (Å²) in [6, 6.07) is 0. The summed E-state index contributed by atoms with van der Waals surface area (Å²) in [5, 5.41) is 0. The van der Waals surface area contributed by atoms with E-state index in [-0.39, 0.29) is 18.9 Å². The van der Waals surface area contributed by atoms with Crippen LogP contribution >= 0.6 is 74.5 Å². The largest absolute Gasteiger partial charge is 0 e. The van der Waals surface area contributed by atoms with Crippen LogP contribution in [0.15, 0.2) is 0 Å². The molecule has 0 fully saturated rings. The van der Waals surface area contributed by atoms with Gasteiger partial charge in [-0.1, -0.05) is 0 Å². The Morgan fingerprint density at radius 3 is 0.833 bits per heavy atom. The average molecular weight is 633 g/mol. The van der Waals surface area contributed by atoms with E-state index in [1.807, 2.05) is 0 Å². The van der Waals surface area contributed by atoms with Crippen LogP contribution in [-0.4, -0.2) is 21.4 Å². The van der Waals surface area contributed by atoms with Gasteiger partial charge in [0.05, 0.1) is 0 Å². The minimum Gasteiger partial charge on any atom is 0 e. The van der Waals surface area contributed by atoms with Gasteiger partial charge in [-0.2, -0.15) is 0 Å². The second-order valence-corrected chi connectivity index (χ2v) is 129. The molecule has 0 rings (SSSR count). The first-order valence-electron chi connectivity index (χ1n) is 0.756. The summed E-state index contributed by atoms with van der Waals surface area (Å²) in [7, 11) is 0. The molecule has 0 aromatic heterocycles. The van der Waals surface area contributed by atoms with E-state index in [1.165, 1.54) is 0 Å². The maximum absolute atomic E-state index is 2.55. The summed E-state index contributed by atoms with van der Waals surface area (Å²) >= 11 is 10.2. The second kappa shape index (κ2) is 6.05. The molecule has 0 atom stereocenters. The molecule has 0 aromatic carbocycles. The summed E-state index contributed by atoms with van der Waals surface area (Å²) in [6.07, 6.45) is 0. The normalized spacial score (nSPS) is 10.0. The Morgan fingerprint density at radius 2 is 0.833 bits per heavy atom. The van der Waals surface area contributed by atoms with Gasteiger partial charge in [-0.25, -0.2) is 0 Å². The molecule has 0 saturated carbocycles. The fourth-order valence-corrected chi connectivity index (χ4v) is 0. The molecule has 1 radical (unpaired) electrons. The monoisotopic (exact) mass is 635 g/mol. The molecule has 6 heteroatoms. The maximum Gasteiger partial charge on any atom is 0 e.